The lowest BCUT2D eigenvalue weighted by molar-refractivity contribution is -0.137. The molecule has 0 bridgehead atoms. The molecule has 0 radical (unpaired) electrons. The summed E-state index contributed by atoms with van der Waals surface area (Å²) in [7, 11) is 0. The smallest absolute Gasteiger partial charge is 0.314 e. The molecule has 0 unspecified atom stereocenters. The van der Waals surface area contributed by atoms with E-state index < -0.39 is 11.7 Å². The second kappa shape index (κ2) is 7.02. The highest BCUT2D eigenvalue weighted by Gasteiger charge is 2.32. The van der Waals surface area contributed by atoms with Crippen molar-refractivity contribution in [3.8, 4) is 0 Å². The van der Waals surface area contributed by atoms with Crippen LogP contribution >= 0.6 is 11.6 Å². The molecule has 1 fully saturated rings. The average Bonchev–Trinajstić information content (AvgIpc) is 2.44. The van der Waals surface area contributed by atoms with Crippen LogP contribution in [0.2, 0.25) is 5.02 Å². The molecule has 2 nitrogen and oxygen atoms in total. The number of hydrogen-bond donors (Lipinski definition) is 1. The van der Waals surface area contributed by atoms with Crippen molar-refractivity contribution < 1.29 is 13.2 Å². The Balaban J connectivity index is 2.37. The highest BCUT2D eigenvalue weighted by atomic mass is 35.5. The number of alkyl halides is 3. The summed E-state index contributed by atoms with van der Waals surface area (Å²) in [6.45, 7) is 9.06. The van der Waals surface area contributed by atoms with Crippen LogP contribution in [-0.2, 0) is 6.18 Å². The molecule has 0 spiro atoms. The van der Waals surface area contributed by atoms with Gasteiger partial charge in [-0.3, -0.25) is 4.90 Å². The second-order valence-corrected chi connectivity index (χ2v) is 6.17. The van der Waals surface area contributed by atoms with E-state index in [0.717, 1.165) is 37.8 Å². The van der Waals surface area contributed by atoms with E-state index >= 15 is 0 Å². The van der Waals surface area contributed by atoms with Crippen LogP contribution in [0.1, 0.15) is 30.5 Å². The summed E-state index contributed by atoms with van der Waals surface area (Å²) in [4.78, 5) is 2.19. The van der Waals surface area contributed by atoms with Crippen LogP contribution in [-0.4, -0.2) is 31.1 Å². The van der Waals surface area contributed by atoms with Crippen molar-refractivity contribution in [3.05, 3.63) is 46.5 Å². The van der Waals surface area contributed by atoms with Crippen molar-refractivity contribution in [2.75, 3.05) is 26.2 Å². The Morgan fingerprint density at radius 2 is 1.95 bits per heavy atom. The molecule has 1 saturated heterocycles. The molecule has 2 rings (SSSR count). The van der Waals surface area contributed by atoms with Crippen LogP contribution in [0.3, 0.4) is 0 Å². The van der Waals surface area contributed by atoms with Crippen molar-refractivity contribution in [1.29, 1.82) is 0 Å². The standard InChI is InChI=1S/C16H20ClF3N2/c1-11(2)7-15(22-5-3-21-4-6-22)12-8-13(16(18,19)20)10-14(17)9-12/h8-10,15,21H,1,3-7H2,2H3/t15-/m1/s1. The van der Waals surface area contributed by atoms with Crippen molar-refractivity contribution in [1.82, 2.24) is 10.2 Å². The molecular formula is C16H20ClF3N2. The van der Waals surface area contributed by atoms with E-state index in [0.29, 0.717) is 12.0 Å². The van der Waals surface area contributed by atoms with Gasteiger partial charge >= 0.3 is 6.18 Å². The fourth-order valence-corrected chi connectivity index (χ4v) is 2.99. The maximum absolute atomic E-state index is 13.0. The predicted octanol–water partition coefficient (Wildman–Crippen LogP) is 4.27. The highest BCUT2D eigenvalue weighted by Crippen LogP contribution is 2.36. The van der Waals surface area contributed by atoms with Crippen molar-refractivity contribution in [2.24, 2.45) is 0 Å². The Morgan fingerprint density at radius 1 is 1.32 bits per heavy atom. The number of nitrogens with zero attached hydrogens (tertiary/aromatic N) is 1. The second-order valence-electron chi connectivity index (χ2n) is 5.73. The number of hydrogen-bond acceptors (Lipinski definition) is 2. The summed E-state index contributed by atoms with van der Waals surface area (Å²) in [5.74, 6) is 0. The van der Waals surface area contributed by atoms with Crippen LogP contribution in [0.25, 0.3) is 0 Å². The van der Waals surface area contributed by atoms with Gasteiger partial charge in [0, 0.05) is 37.2 Å². The molecule has 0 saturated carbocycles. The first-order valence-electron chi connectivity index (χ1n) is 7.24. The summed E-state index contributed by atoms with van der Waals surface area (Å²) < 4.78 is 39.0. The maximum atomic E-state index is 13.0. The summed E-state index contributed by atoms with van der Waals surface area (Å²) in [6.07, 6.45) is -3.77. The van der Waals surface area contributed by atoms with E-state index in [-0.39, 0.29) is 11.1 Å². The van der Waals surface area contributed by atoms with E-state index in [1.54, 1.807) is 6.07 Å². The Bertz CT molecular complexity index is 537. The fraction of sp³-hybridized carbons (Fsp3) is 0.500. The van der Waals surface area contributed by atoms with Gasteiger partial charge in [0.1, 0.15) is 0 Å². The molecule has 1 aliphatic rings. The van der Waals surface area contributed by atoms with Crippen LogP contribution in [0.15, 0.2) is 30.4 Å². The summed E-state index contributed by atoms with van der Waals surface area (Å²) >= 11 is 5.92. The van der Waals surface area contributed by atoms with Gasteiger partial charge in [0.25, 0.3) is 0 Å². The molecule has 6 heteroatoms. The lowest BCUT2D eigenvalue weighted by atomic mass is 9.96. The summed E-state index contributed by atoms with van der Waals surface area (Å²) in [6, 6.07) is 3.69. The Morgan fingerprint density at radius 3 is 2.50 bits per heavy atom. The van der Waals surface area contributed by atoms with Crippen LogP contribution < -0.4 is 5.32 Å². The zero-order chi connectivity index (χ0) is 16.3. The van der Waals surface area contributed by atoms with E-state index in [4.69, 9.17) is 11.6 Å². The first kappa shape index (κ1) is 17.3. The third-order valence-corrected chi connectivity index (χ3v) is 3.98. The molecule has 1 aliphatic heterocycles. The minimum atomic E-state index is -4.39. The molecule has 22 heavy (non-hydrogen) atoms. The third-order valence-electron chi connectivity index (χ3n) is 3.77. The van der Waals surface area contributed by atoms with Gasteiger partial charge in [-0.2, -0.15) is 13.2 Å². The zero-order valence-corrected chi connectivity index (χ0v) is 13.3. The number of halogens is 4. The topological polar surface area (TPSA) is 15.3 Å². The quantitative estimate of drug-likeness (QED) is 0.828. The lowest BCUT2D eigenvalue weighted by Gasteiger charge is -2.35. The molecule has 0 amide bonds. The third kappa shape index (κ3) is 4.48. The largest absolute Gasteiger partial charge is 0.416 e. The monoisotopic (exact) mass is 332 g/mol. The minimum absolute atomic E-state index is 0.117. The van der Waals surface area contributed by atoms with E-state index in [1.807, 2.05) is 6.92 Å². The predicted molar refractivity (Wildman–Crippen MR) is 83.1 cm³/mol. The van der Waals surface area contributed by atoms with Crippen molar-refractivity contribution in [3.63, 3.8) is 0 Å². The first-order valence-corrected chi connectivity index (χ1v) is 7.62. The summed E-state index contributed by atoms with van der Waals surface area (Å²) in [5, 5.41) is 3.37. The van der Waals surface area contributed by atoms with E-state index in [2.05, 4.69) is 16.8 Å². The molecule has 122 valence electrons. The lowest BCUT2D eigenvalue weighted by Crippen LogP contribution is -2.45. The van der Waals surface area contributed by atoms with Crippen LogP contribution in [0.4, 0.5) is 13.2 Å². The average molecular weight is 333 g/mol. The maximum Gasteiger partial charge on any atom is 0.416 e. The van der Waals surface area contributed by atoms with Crippen molar-refractivity contribution >= 4 is 11.6 Å². The van der Waals surface area contributed by atoms with Gasteiger partial charge in [-0.05, 0) is 37.1 Å². The Hall–Kier alpha value is -1.04. The van der Waals surface area contributed by atoms with Gasteiger partial charge in [-0.15, -0.1) is 6.58 Å². The van der Waals surface area contributed by atoms with Gasteiger partial charge in [-0.25, -0.2) is 0 Å². The van der Waals surface area contributed by atoms with Gasteiger partial charge in [0.15, 0.2) is 0 Å². The van der Waals surface area contributed by atoms with Gasteiger partial charge < -0.3 is 5.32 Å². The van der Waals surface area contributed by atoms with Gasteiger partial charge in [0.05, 0.1) is 5.56 Å². The van der Waals surface area contributed by atoms with Crippen LogP contribution in [0, 0.1) is 0 Å². The molecule has 1 heterocycles. The summed E-state index contributed by atoms with van der Waals surface area (Å²) in [5.41, 5.74) is 0.846. The number of piperazine rings is 1. The van der Waals surface area contributed by atoms with Crippen LogP contribution in [0.5, 0.6) is 0 Å². The van der Waals surface area contributed by atoms with Crippen molar-refractivity contribution in [2.45, 2.75) is 25.6 Å². The van der Waals surface area contributed by atoms with E-state index in [1.165, 1.54) is 6.07 Å². The minimum Gasteiger partial charge on any atom is -0.314 e. The molecule has 1 atom stereocenters. The first-order chi connectivity index (χ1) is 10.3. The fourth-order valence-electron chi connectivity index (χ4n) is 2.75. The Kier molecular flexibility index (Phi) is 5.53. The molecule has 0 aliphatic carbocycles. The number of rotatable bonds is 4. The van der Waals surface area contributed by atoms with E-state index in [9.17, 15) is 13.2 Å². The molecule has 1 aromatic carbocycles. The number of benzene rings is 1. The Labute approximate surface area is 133 Å². The SMILES string of the molecule is C=C(C)C[C@H](c1cc(Cl)cc(C(F)(F)F)c1)N1CCNCC1. The molecular weight excluding hydrogens is 313 g/mol. The zero-order valence-electron chi connectivity index (χ0n) is 12.5. The highest BCUT2D eigenvalue weighted by molar-refractivity contribution is 6.30. The number of nitrogens with one attached hydrogen (secondary N) is 1. The molecule has 1 N–H and O–H groups in total. The van der Waals surface area contributed by atoms with Gasteiger partial charge in [0.2, 0.25) is 0 Å². The molecule has 1 aromatic rings. The normalized spacial score (nSPS) is 18.2. The van der Waals surface area contributed by atoms with Gasteiger partial charge in [-0.1, -0.05) is 17.2 Å². The molecule has 0 aromatic heterocycles.